The van der Waals surface area contributed by atoms with Crippen LogP contribution in [-0.2, 0) is 4.74 Å². The molecule has 0 saturated carbocycles. The summed E-state index contributed by atoms with van der Waals surface area (Å²) in [6, 6.07) is 3.30. The van der Waals surface area contributed by atoms with Crippen molar-refractivity contribution in [3.63, 3.8) is 0 Å². The Morgan fingerprint density at radius 3 is 1.90 bits per heavy atom. The van der Waals surface area contributed by atoms with Crippen LogP contribution in [0.25, 0.3) is 0 Å². The van der Waals surface area contributed by atoms with Crippen LogP contribution in [0.1, 0.15) is 26.4 Å². The second-order valence-corrected chi connectivity index (χ2v) is 7.69. The van der Waals surface area contributed by atoms with Crippen LogP contribution in [0, 0.1) is 18.6 Å². The first-order valence-electron chi connectivity index (χ1n) is 10.8. The Morgan fingerprint density at radius 1 is 0.829 bits per heavy atom. The van der Waals surface area contributed by atoms with Gasteiger partial charge in [-0.15, -0.1) is 26.3 Å². The van der Waals surface area contributed by atoms with E-state index in [1.165, 1.54) is 6.92 Å². The molecule has 0 fully saturated rings. The fraction of sp³-hybridized carbons (Fsp3) is 0.208. The number of halogens is 8. The van der Waals surface area contributed by atoms with E-state index < -0.39 is 70.5 Å². The summed E-state index contributed by atoms with van der Waals surface area (Å²) in [5.74, 6) is -11.3. The Hall–Kier alpha value is -4.83. The summed E-state index contributed by atoms with van der Waals surface area (Å²) in [6.45, 7) is 1.42. The van der Waals surface area contributed by atoms with Crippen LogP contribution in [0.2, 0.25) is 0 Å². The fourth-order valence-electron chi connectivity index (χ4n) is 3.21. The van der Waals surface area contributed by atoms with Gasteiger partial charge in [0.05, 0.1) is 14.2 Å². The Kier molecular flexibility index (Phi) is 8.78. The number of nitrogens with one attached hydrogen (secondary N) is 1. The Balaban J connectivity index is 2.11. The van der Waals surface area contributed by atoms with Crippen LogP contribution in [0.3, 0.4) is 0 Å². The van der Waals surface area contributed by atoms with Gasteiger partial charge < -0.3 is 29.0 Å². The molecule has 0 bridgehead atoms. The number of carbonyl (C=O) groups is 2. The molecule has 1 aromatic heterocycles. The molecule has 1 N–H and O–H groups in total. The summed E-state index contributed by atoms with van der Waals surface area (Å²) in [6.07, 6.45) is -9.53. The topological polar surface area (TPSA) is 105 Å². The van der Waals surface area contributed by atoms with Gasteiger partial charge in [0.2, 0.25) is 11.6 Å². The minimum absolute atomic E-state index is 0.143. The van der Waals surface area contributed by atoms with Crippen molar-refractivity contribution < 1.29 is 68.4 Å². The van der Waals surface area contributed by atoms with Gasteiger partial charge in [0, 0.05) is 11.9 Å². The van der Waals surface area contributed by atoms with Crippen LogP contribution in [0.4, 0.5) is 40.8 Å². The highest BCUT2D eigenvalue weighted by Gasteiger charge is 2.36. The average molecular weight is 596 g/mol. The Bertz CT molecular complexity index is 1480. The number of carbonyl (C=O) groups excluding carboxylic acids is 2. The van der Waals surface area contributed by atoms with E-state index in [-0.39, 0.29) is 16.9 Å². The minimum Gasteiger partial charge on any atom is -0.490 e. The zero-order chi connectivity index (χ0) is 30.7. The minimum atomic E-state index is -5.38. The standard InChI is InChI=1S/C24H16F8N2O7/c1-10-9-33-12(22(36)38-3)8-11(10)34-21(35)17-13(4-5-14(18(17)25)40-23(27,28)29)39-16-7-6-15(41-24(30,31)32)19(26)20(16)37-2/h4-9H,1-3H3,(H,33,34,35). The van der Waals surface area contributed by atoms with E-state index >= 15 is 4.39 Å². The van der Waals surface area contributed by atoms with Gasteiger partial charge in [-0.1, -0.05) is 0 Å². The summed E-state index contributed by atoms with van der Waals surface area (Å²) in [7, 11) is 1.88. The quantitative estimate of drug-likeness (QED) is 0.239. The van der Waals surface area contributed by atoms with Crippen LogP contribution < -0.4 is 24.3 Å². The molecule has 3 aromatic rings. The molecular formula is C24H16F8N2O7. The van der Waals surface area contributed by atoms with Gasteiger partial charge in [-0.3, -0.25) is 4.79 Å². The third kappa shape index (κ3) is 7.43. The van der Waals surface area contributed by atoms with Crippen LogP contribution >= 0.6 is 0 Å². The molecule has 17 heteroatoms. The number of rotatable bonds is 8. The molecule has 0 atom stereocenters. The summed E-state index contributed by atoms with van der Waals surface area (Å²) in [5, 5.41) is 2.18. The number of pyridine rings is 1. The van der Waals surface area contributed by atoms with E-state index in [2.05, 4.69) is 24.5 Å². The lowest BCUT2D eigenvalue weighted by Crippen LogP contribution is -2.21. The van der Waals surface area contributed by atoms with E-state index in [0.29, 0.717) is 24.3 Å². The molecule has 2 aromatic carbocycles. The molecule has 0 aliphatic rings. The van der Waals surface area contributed by atoms with Crippen LogP contribution in [0.15, 0.2) is 36.5 Å². The number of anilines is 1. The third-order valence-electron chi connectivity index (χ3n) is 4.94. The molecule has 0 radical (unpaired) electrons. The van der Waals surface area contributed by atoms with E-state index in [1.54, 1.807) is 0 Å². The first kappa shape index (κ1) is 30.7. The van der Waals surface area contributed by atoms with Crippen LogP contribution in [-0.4, -0.2) is 43.8 Å². The summed E-state index contributed by atoms with van der Waals surface area (Å²) < 4.78 is 128. The molecule has 0 spiro atoms. The molecule has 0 saturated heterocycles. The van der Waals surface area contributed by atoms with Crippen molar-refractivity contribution in [2.45, 2.75) is 19.6 Å². The fourth-order valence-corrected chi connectivity index (χ4v) is 3.21. The Labute approximate surface area is 224 Å². The highest BCUT2D eigenvalue weighted by molar-refractivity contribution is 6.07. The largest absolute Gasteiger partial charge is 0.573 e. The van der Waals surface area contributed by atoms with Gasteiger partial charge in [-0.25, -0.2) is 14.2 Å². The zero-order valence-corrected chi connectivity index (χ0v) is 20.8. The number of alkyl halides is 6. The van der Waals surface area contributed by atoms with Gasteiger partial charge in [0.1, 0.15) is 17.0 Å². The predicted molar refractivity (Wildman–Crippen MR) is 121 cm³/mol. The molecule has 1 amide bonds. The highest BCUT2D eigenvalue weighted by atomic mass is 19.4. The number of hydrogen-bond acceptors (Lipinski definition) is 8. The number of aryl methyl sites for hydroxylation is 1. The lowest BCUT2D eigenvalue weighted by Gasteiger charge is -2.18. The van der Waals surface area contributed by atoms with Gasteiger partial charge in [0.15, 0.2) is 23.1 Å². The normalized spacial score (nSPS) is 11.5. The van der Waals surface area contributed by atoms with Crippen molar-refractivity contribution in [1.29, 1.82) is 0 Å². The van der Waals surface area contributed by atoms with Crippen molar-refractivity contribution >= 4 is 17.6 Å². The monoisotopic (exact) mass is 596 g/mol. The molecule has 41 heavy (non-hydrogen) atoms. The molecular weight excluding hydrogens is 580 g/mol. The number of nitrogens with zero attached hydrogens (tertiary/aromatic N) is 1. The predicted octanol–water partition coefficient (Wildman–Crippen LogP) is 6.31. The second kappa shape index (κ2) is 11.7. The molecule has 3 rings (SSSR count). The Morgan fingerprint density at radius 2 is 1.37 bits per heavy atom. The summed E-state index contributed by atoms with van der Waals surface area (Å²) >= 11 is 0. The lowest BCUT2D eigenvalue weighted by atomic mass is 10.1. The molecule has 0 aliphatic carbocycles. The maximum atomic E-state index is 15.3. The number of aromatic nitrogens is 1. The van der Waals surface area contributed by atoms with Crippen molar-refractivity contribution in [2.75, 3.05) is 19.5 Å². The van der Waals surface area contributed by atoms with Gasteiger partial charge >= 0.3 is 18.7 Å². The van der Waals surface area contributed by atoms with Crippen LogP contribution in [0.5, 0.6) is 28.7 Å². The smallest absolute Gasteiger partial charge is 0.490 e. The number of esters is 1. The van der Waals surface area contributed by atoms with Gasteiger partial charge in [0.25, 0.3) is 5.91 Å². The van der Waals surface area contributed by atoms with E-state index in [1.807, 2.05) is 0 Å². The molecule has 220 valence electrons. The van der Waals surface area contributed by atoms with Gasteiger partial charge in [-0.05, 0) is 42.8 Å². The first-order chi connectivity index (χ1) is 19.0. The summed E-state index contributed by atoms with van der Waals surface area (Å²) in [5.41, 5.74) is -1.42. The number of ether oxygens (including phenoxy) is 5. The highest BCUT2D eigenvalue weighted by Crippen LogP contribution is 2.42. The third-order valence-corrected chi connectivity index (χ3v) is 4.94. The SMILES string of the molecule is COC(=O)c1cc(NC(=O)c2c(Oc3ccc(OC(F)(F)F)c(F)c3OC)ccc(OC(F)(F)F)c2F)c(C)cn1. The van der Waals surface area contributed by atoms with E-state index in [0.717, 1.165) is 26.5 Å². The zero-order valence-electron chi connectivity index (χ0n) is 20.8. The van der Waals surface area contributed by atoms with Crippen molar-refractivity contribution in [3.05, 3.63) is 65.0 Å². The number of benzene rings is 2. The molecule has 1 heterocycles. The van der Waals surface area contributed by atoms with Gasteiger partial charge in [-0.2, -0.15) is 4.39 Å². The second-order valence-electron chi connectivity index (χ2n) is 7.69. The molecule has 0 unspecified atom stereocenters. The average Bonchev–Trinajstić information content (AvgIpc) is 2.87. The van der Waals surface area contributed by atoms with Crippen molar-refractivity contribution in [2.24, 2.45) is 0 Å². The maximum Gasteiger partial charge on any atom is 0.573 e. The van der Waals surface area contributed by atoms with E-state index in [9.17, 15) is 40.3 Å². The summed E-state index contributed by atoms with van der Waals surface area (Å²) in [4.78, 5) is 28.7. The maximum absolute atomic E-state index is 15.3. The molecule has 0 aliphatic heterocycles. The van der Waals surface area contributed by atoms with Crippen molar-refractivity contribution in [3.8, 4) is 28.7 Å². The van der Waals surface area contributed by atoms with E-state index in [4.69, 9.17) is 9.47 Å². The lowest BCUT2D eigenvalue weighted by molar-refractivity contribution is -0.276. The number of methoxy groups -OCH3 is 2. The number of hydrogen-bond donors (Lipinski definition) is 1. The van der Waals surface area contributed by atoms with Crippen molar-refractivity contribution in [1.82, 2.24) is 4.98 Å². The number of amides is 1. The molecule has 9 nitrogen and oxygen atoms in total. The first-order valence-corrected chi connectivity index (χ1v) is 10.8.